The molecular formula is C11H19N3OS2. The number of hydrogen-bond donors (Lipinski definition) is 1. The average Bonchev–Trinajstić information content (AvgIpc) is 2.72. The maximum atomic E-state index is 11.5. The van der Waals surface area contributed by atoms with Crippen LogP contribution in [0.25, 0.3) is 0 Å². The first-order chi connectivity index (χ1) is 8.13. The second-order valence-corrected chi connectivity index (χ2v) is 5.94. The van der Waals surface area contributed by atoms with Gasteiger partial charge in [-0.2, -0.15) is 11.8 Å². The Morgan fingerprint density at radius 3 is 3.00 bits per heavy atom. The molecule has 4 nitrogen and oxygen atoms in total. The lowest BCUT2D eigenvalue weighted by Crippen LogP contribution is -2.23. The fourth-order valence-corrected chi connectivity index (χ4v) is 2.91. The zero-order valence-electron chi connectivity index (χ0n) is 10.3. The van der Waals surface area contributed by atoms with Gasteiger partial charge in [0.05, 0.1) is 12.1 Å². The molecular weight excluding hydrogens is 254 g/mol. The summed E-state index contributed by atoms with van der Waals surface area (Å²) in [4.78, 5) is 17.5. The van der Waals surface area contributed by atoms with E-state index in [1.165, 1.54) is 0 Å². The number of thiazole rings is 1. The molecule has 0 aliphatic carbocycles. The third-order valence-electron chi connectivity index (χ3n) is 2.14. The zero-order valence-corrected chi connectivity index (χ0v) is 11.9. The Balaban J connectivity index is 2.35. The molecule has 96 valence electrons. The Morgan fingerprint density at radius 2 is 2.35 bits per heavy atom. The zero-order chi connectivity index (χ0) is 12.7. The van der Waals surface area contributed by atoms with Gasteiger partial charge in [-0.25, -0.2) is 4.98 Å². The van der Waals surface area contributed by atoms with Gasteiger partial charge in [0.15, 0.2) is 0 Å². The highest BCUT2D eigenvalue weighted by molar-refractivity contribution is 7.98. The van der Waals surface area contributed by atoms with Gasteiger partial charge in [0.1, 0.15) is 5.01 Å². The molecule has 2 N–H and O–H groups in total. The Morgan fingerprint density at radius 1 is 1.59 bits per heavy atom. The predicted octanol–water partition coefficient (Wildman–Crippen LogP) is 1.36. The SMILES string of the molecule is CN(C)C(=O)Cc1nc(CSCCCN)cs1. The normalized spacial score (nSPS) is 10.5. The van der Waals surface area contributed by atoms with Crippen molar-refractivity contribution in [2.45, 2.75) is 18.6 Å². The van der Waals surface area contributed by atoms with Crippen molar-refractivity contribution in [3.8, 4) is 0 Å². The molecule has 6 heteroatoms. The molecule has 0 radical (unpaired) electrons. The van der Waals surface area contributed by atoms with Crippen molar-refractivity contribution in [1.82, 2.24) is 9.88 Å². The van der Waals surface area contributed by atoms with Crippen LogP contribution in [-0.4, -0.2) is 42.2 Å². The maximum absolute atomic E-state index is 11.5. The Labute approximate surface area is 111 Å². The van der Waals surface area contributed by atoms with Gasteiger partial charge in [-0.1, -0.05) is 0 Å². The van der Waals surface area contributed by atoms with Crippen LogP contribution in [0.5, 0.6) is 0 Å². The molecule has 0 fully saturated rings. The van der Waals surface area contributed by atoms with Gasteiger partial charge in [-0.3, -0.25) is 4.79 Å². The minimum Gasteiger partial charge on any atom is -0.348 e. The van der Waals surface area contributed by atoms with E-state index in [1.807, 2.05) is 17.1 Å². The minimum absolute atomic E-state index is 0.0988. The number of hydrogen-bond acceptors (Lipinski definition) is 5. The molecule has 1 rings (SSSR count). The summed E-state index contributed by atoms with van der Waals surface area (Å²) in [6.45, 7) is 0.743. The predicted molar refractivity (Wildman–Crippen MR) is 74.3 cm³/mol. The molecule has 0 spiro atoms. The molecule has 1 aromatic rings. The Kier molecular flexibility index (Phi) is 6.54. The highest BCUT2D eigenvalue weighted by atomic mass is 32.2. The highest BCUT2D eigenvalue weighted by Gasteiger charge is 2.09. The van der Waals surface area contributed by atoms with Gasteiger partial charge in [-0.15, -0.1) is 11.3 Å². The van der Waals surface area contributed by atoms with E-state index >= 15 is 0 Å². The summed E-state index contributed by atoms with van der Waals surface area (Å²) in [5, 5.41) is 2.94. The number of nitrogens with two attached hydrogens (primary N) is 1. The molecule has 0 saturated carbocycles. The summed E-state index contributed by atoms with van der Waals surface area (Å²) in [6.07, 6.45) is 1.45. The molecule has 1 amide bonds. The summed E-state index contributed by atoms with van der Waals surface area (Å²) < 4.78 is 0. The van der Waals surface area contributed by atoms with E-state index in [2.05, 4.69) is 4.98 Å². The molecule has 0 atom stereocenters. The van der Waals surface area contributed by atoms with Crippen LogP contribution >= 0.6 is 23.1 Å². The lowest BCUT2D eigenvalue weighted by Gasteiger charge is -2.07. The average molecular weight is 273 g/mol. The first-order valence-corrected chi connectivity index (χ1v) is 7.58. The van der Waals surface area contributed by atoms with Crippen molar-refractivity contribution in [2.75, 3.05) is 26.4 Å². The molecule has 17 heavy (non-hydrogen) atoms. The van der Waals surface area contributed by atoms with Crippen molar-refractivity contribution in [2.24, 2.45) is 5.73 Å². The van der Waals surface area contributed by atoms with E-state index < -0.39 is 0 Å². The van der Waals surface area contributed by atoms with Crippen LogP contribution in [-0.2, 0) is 17.0 Å². The summed E-state index contributed by atoms with van der Waals surface area (Å²) in [5.41, 5.74) is 6.49. The lowest BCUT2D eigenvalue weighted by molar-refractivity contribution is -0.127. The second kappa shape index (κ2) is 7.68. The van der Waals surface area contributed by atoms with Crippen LogP contribution < -0.4 is 5.73 Å². The van der Waals surface area contributed by atoms with Crippen molar-refractivity contribution >= 4 is 29.0 Å². The Hall–Kier alpha value is -0.590. The number of nitrogens with zero attached hydrogens (tertiary/aromatic N) is 2. The molecule has 1 heterocycles. The molecule has 0 aliphatic heterocycles. The number of rotatable bonds is 7. The van der Waals surface area contributed by atoms with Gasteiger partial charge in [0, 0.05) is 25.2 Å². The van der Waals surface area contributed by atoms with Gasteiger partial charge in [0.25, 0.3) is 0 Å². The van der Waals surface area contributed by atoms with Crippen molar-refractivity contribution in [3.05, 3.63) is 16.1 Å². The van der Waals surface area contributed by atoms with E-state index in [1.54, 1.807) is 30.3 Å². The van der Waals surface area contributed by atoms with Crippen LogP contribution in [0, 0.1) is 0 Å². The fraction of sp³-hybridized carbons (Fsp3) is 0.636. The van der Waals surface area contributed by atoms with E-state index in [0.29, 0.717) is 6.42 Å². The monoisotopic (exact) mass is 273 g/mol. The Bertz CT molecular complexity index is 352. The standard InChI is InChI=1S/C11H19N3OS2/c1-14(2)11(15)6-10-13-9(8-17-10)7-16-5-3-4-12/h8H,3-7,12H2,1-2H3. The smallest absolute Gasteiger partial charge is 0.228 e. The first-order valence-electron chi connectivity index (χ1n) is 5.54. The summed E-state index contributed by atoms with van der Waals surface area (Å²) >= 11 is 3.40. The van der Waals surface area contributed by atoms with Crippen molar-refractivity contribution < 1.29 is 4.79 Å². The third kappa shape index (κ3) is 5.52. The van der Waals surface area contributed by atoms with Gasteiger partial charge >= 0.3 is 0 Å². The van der Waals surface area contributed by atoms with Crippen LogP contribution in [0.3, 0.4) is 0 Å². The number of thioether (sulfide) groups is 1. The molecule has 0 aliphatic rings. The van der Waals surface area contributed by atoms with Gasteiger partial charge in [0.2, 0.25) is 5.91 Å². The number of carbonyl (C=O) groups is 1. The van der Waals surface area contributed by atoms with E-state index in [-0.39, 0.29) is 5.91 Å². The largest absolute Gasteiger partial charge is 0.348 e. The number of amides is 1. The van der Waals surface area contributed by atoms with Gasteiger partial charge < -0.3 is 10.6 Å². The number of aromatic nitrogens is 1. The summed E-state index contributed by atoms with van der Waals surface area (Å²) in [6, 6.07) is 0. The summed E-state index contributed by atoms with van der Waals surface area (Å²) in [7, 11) is 3.53. The van der Waals surface area contributed by atoms with E-state index in [4.69, 9.17) is 5.73 Å². The maximum Gasteiger partial charge on any atom is 0.228 e. The molecule has 0 unspecified atom stereocenters. The number of likely N-dealkylation sites (N-methyl/N-ethyl adjacent to an activating group) is 1. The molecule has 0 aromatic carbocycles. The lowest BCUT2D eigenvalue weighted by atomic mass is 10.4. The fourth-order valence-electron chi connectivity index (χ4n) is 1.15. The van der Waals surface area contributed by atoms with Crippen LogP contribution in [0.15, 0.2) is 5.38 Å². The highest BCUT2D eigenvalue weighted by Crippen LogP contribution is 2.17. The van der Waals surface area contributed by atoms with Crippen LogP contribution in [0.1, 0.15) is 17.1 Å². The van der Waals surface area contributed by atoms with Crippen LogP contribution in [0.2, 0.25) is 0 Å². The van der Waals surface area contributed by atoms with Crippen molar-refractivity contribution in [1.29, 1.82) is 0 Å². The van der Waals surface area contributed by atoms with Crippen molar-refractivity contribution in [3.63, 3.8) is 0 Å². The van der Waals surface area contributed by atoms with E-state index in [9.17, 15) is 4.79 Å². The quantitative estimate of drug-likeness (QED) is 0.762. The summed E-state index contributed by atoms with van der Waals surface area (Å²) in [5.74, 6) is 2.08. The molecule has 0 saturated heterocycles. The first kappa shape index (κ1) is 14.5. The molecule has 0 bridgehead atoms. The minimum atomic E-state index is 0.0988. The van der Waals surface area contributed by atoms with Crippen LogP contribution in [0.4, 0.5) is 0 Å². The molecule has 1 aromatic heterocycles. The van der Waals surface area contributed by atoms with Gasteiger partial charge in [-0.05, 0) is 18.7 Å². The van der Waals surface area contributed by atoms with E-state index in [0.717, 1.165) is 35.2 Å². The topological polar surface area (TPSA) is 59.2 Å². The second-order valence-electron chi connectivity index (χ2n) is 3.89. The number of carbonyl (C=O) groups excluding carboxylic acids is 1. The third-order valence-corrected chi connectivity index (χ3v) is 4.12.